The van der Waals surface area contributed by atoms with Crippen LogP contribution in [-0.2, 0) is 0 Å². The number of nitrogens with zero attached hydrogens (tertiary/aromatic N) is 3. The Balaban J connectivity index is 2.79. The number of rotatable bonds is 2. The van der Waals surface area contributed by atoms with Crippen molar-refractivity contribution in [3.05, 3.63) is 40.3 Å². The van der Waals surface area contributed by atoms with Gasteiger partial charge >= 0.3 is 0 Å². The first-order valence-corrected chi connectivity index (χ1v) is 6.39. The van der Waals surface area contributed by atoms with Crippen LogP contribution >= 0.6 is 0 Å². The summed E-state index contributed by atoms with van der Waals surface area (Å²) in [5.41, 5.74) is 5.76. The summed E-state index contributed by atoms with van der Waals surface area (Å²) in [5, 5.41) is 9.02. The van der Waals surface area contributed by atoms with Crippen molar-refractivity contribution in [3.8, 4) is 23.1 Å². The van der Waals surface area contributed by atoms with Crippen molar-refractivity contribution in [1.82, 2.24) is 9.97 Å². The summed E-state index contributed by atoms with van der Waals surface area (Å²) in [4.78, 5) is 8.40. The second-order valence-electron chi connectivity index (χ2n) is 4.87. The minimum atomic E-state index is 0.180. The Hall–Kier alpha value is -2.41. The van der Waals surface area contributed by atoms with Crippen LogP contribution in [0.2, 0.25) is 0 Å². The molecular formula is C16H17N3O. The van der Waals surface area contributed by atoms with E-state index >= 15 is 0 Å². The van der Waals surface area contributed by atoms with E-state index in [1.165, 1.54) is 5.56 Å². The molecule has 2 aromatic rings. The van der Waals surface area contributed by atoms with Crippen LogP contribution in [-0.4, -0.2) is 17.1 Å². The summed E-state index contributed by atoms with van der Waals surface area (Å²) < 4.78 is 5.56. The highest BCUT2D eigenvalue weighted by atomic mass is 16.5. The normalized spacial score (nSPS) is 10.2. The minimum Gasteiger partial charge on any atom is -0.496 e. The van der Waals surface area contributed by atoms with E-state index in [9.17, 15) is 0 Å². The summed E-state index contributed by atoms with van der Waals surface area (Å²) in [6.07, 6.45) is 0. The van der Waals surface area contributed by atoms with Crippen LogP contribution in [0.25, 0.3) is 11.3 Å². The molecule has 0 atom stereocenters. The molecule has 0 unspecified atom stereocenters. The fraction of sp³-hybridized carbons (Fsp3) is 0.312. The third kappa shape index (κ3) is 2.35. The van der Waals surface area contributed by atoms with Gasteiger partial charge in [0.25, 0.3) is 0 Å². The van der Waals surface area contributed by atoms with Gasteiger partial charge in [-0.15, -0.1) is 0 Å². The lowest BCUT2D eigenvalue weighted by Gasteiger charge is -2.16. The predicted octanol–water partition coefficient (Wildman–Crippen LogP) is 3.26. The zero-order valence-corrected chi connectivity index (χ0v) is 12.4. The second kappa shape index (κ2) is 5.30. The van der Waals surface area contributed by atoms with Gasteiger partial charge in [-0.05, 0) is 50.5 Å². The van der Waals surface area contributed by atoms with Gasteiger partial charge in [-0.25, -0.2) is 9.97 Å². The van der Waals surface area contributed by atoms with Gasteiger partial charge in [0.15, 0.2) is 0 Å². The van der Waals surface area contributed by atoms with Crippen LogP contribution in [0.4, 0.5) is 0 Å². The third-order valence-corrected chi connectivity index (χ3v) is 3.40. The average molecular weight is 267 g/mol. The molecule has 0 aliphatic rings. The van der Waals surface area contributed by atoms with Crippen molar-refractivity contribution in [2.45, 2.75) is 27.7 Å². The number of hydrogen-bond acceptors (Lipinski definition) is 4. The summed E-state index contributed by atoms with van der Waals surface area (Å²) in [6.45, 7) is 7.96. The fourth-order valence-electron chi connectivity index (χ4n) is 2.37. The first kappa shape index (κ1) is 14.0. The molecule has 1 aromatic heterocycles. The van der Waals surface area contributed by atoms with Gasteiger partial charge in [0, 0.05) is 11.3 Å². The molecule has 102 valence electrons. The summed E-state index contributed by atoms with van der Waals surface area (Å²) in [7, 11) is 1.66. The van der Waals surface area contributed by atoms with Gasteiger partial charge in [0.2, 0.25) is 5.82 Å². The van der Waals surface area contributed by atoms with E-state index in [0.29, 0.717) is 0 Å². The zero-order valence-electron chi connectivity index (χ0n) is 12.4. The lowest BCUT2D eigenvalue weighted by molar-refractivity contribution is 0.412. The maximum Gasteiger partial charge on any atom is 0.232 e. The highest BCUT2D eigenvalue weighted by Gasteiger charge is 2.16. The fourth-order valence-corrected chi connectivity index (χ4v) is 2.37. The maximum absolute atomic E-state index is 9.02. The van der Waals surface area contributed by atoms with Crippen molar-refractivity contribution in [3.63, 3.8) is 0 Å². The number of ether oxygens (including phenoxy) is 1. The van der Waals surface area contributed by atoms with Gasteiger partial charge in [-0.1, -0.05) is 6.07 Å². The Morgan fingerprint density at radius 2 is 1.75 bits per heavy atom. The molecule has 0 saturated carbocycles. The molecule has 0 aliphatic carbocycles. The quantitative estimate of drug-likeness (QED) is 0.838. The third-order valence-electron chi connectivity index (χ3n) is 3.40. The van der Waals surface area contributed by atoms with Crippen molar-refractivity contribution in [1.29, 1.82) is 5.26 Å². The van der Waals surface area contributed by atoms with Crippen molar-refractivity contribution >= 4 is 0 Å². The maximum atomic E-state index is 9.02. The van der Waals surface area contributed by atoms with E-state index in [1.807, 2.05) is 32.9 Å². The molecular weight excluding hydrogens is 250 g/mol. The monoisotopic (exact) mass is 267 g/mol. The van der Waals surface area contributed by atoms with Crippen LogP contribution in [0.1, 0.15) is 28.2 Å². The SMILES string of the molecule is COc1c(C)c(C)cc(C)c1-c1cc(C)nc(C#N)n1. The van der Waals surface area contributed by atoms with Crippen LogP contribution in [0.15, 0.2) is 12.1 Å². The van der Waals surface area contributed by atoms with E-state index in [-0.39, 0.29) is 5.82 Å². The van der Waals surface area contributed by atoms with E-state index in [0.717, 1.165) is 33.8 Å². The molecule has 20 heavy (non-hydrogen) atoms. The molecule has 0 saturated heterocycles. The highest BCUT2D eigenvalue weighted by molar-refractivity contribution is 5.74. The molecule has 4 nitrogen and oxygen atoms in total. The summed E-state index contributed by atoms with van der Waals surface area (Å²) >= 11 is 0. The van der Waals surface area contributed by atoms with E-state index in [4.69, 9.17) is 10.00 Å². The number of aromatic nitrogens is 2. The lowest BCUT2D eigenvalue weighted by Crippen LogP contribution is -2.01. The Morgan fingerprint density at radius 3 is 2.35 bits per heavy atom. The first-order chi connectivity index (χ1) is 9.47. The molecule has 0 bridgehead atoms. The average Bonchev–Trinajstić information content (AvgIpc) is 2.41. The van der Waals surface area contributed by atoms with E-state index in [2.05, 4.69) is 23.0 Å². The molecule has 0 spiro atoms. The van der Waals surface area contributed by atoms with Gasteiger partial charge in [0.05, 0.1) is 12.8 Å². The van der Waals surface area contributed by atoms with Crippen LogP contribution in [0, 0.1) is 39.0 Å². The largest absolute Gasteiger partial charge is 0.496 e. The van der Waals surface area contributed by atoms with Gasteiger partial charge in [-0.2, -0.15) is 5.26 Å². The number of benzene rings is 1. The van der Waals surface area contributed by atoms with Crippen molar-refractivity contribution < 1.29 is 4.74 Å². The molecule has 1 heterocycles. The Morgan fingerprint density at radius 1 is 1.05 bits per heavy atom. The molecule has 1 aromatic carbocycles. The molecule has 2 rings (SSSR count). The molecule has 0 radical (unpaired) electrons. The summed E-state index contributed by atoms with van der Waals surface area (Å²) in [5.74, 6) is 0.990. The van der Waals surface area contributed by atoms with Crippen LogP contribution in [0.5, 0.6) is 5.75 Å². The molecule has 0 aliphatic heterocycles. The van der Waals surface area contributed by atoms with Crippen molar-refractivity contribution in [2.24, 2.45) is 0 Å². The smallest absolute Gasteiger partial charge is 0.232 e. The van der Waals surface area contributed by atoms with Gasteiger partial charge < -0.3 is 4.74 Å². The predicted molar refractivity (Wildman–Crippen MR) is 77.7 cm³/mol. The number of nitriles is 1. The topological polar surface area (TPSA) is 58.8 Å². The number of aryl methyl sites for hydroxylation is 3. The van der Waals surface area contributed by atoms with Gasteiger partial charge in [0.1, 0.15) is 11.8 Å². The highest BCUT2D eigenvalue weighted by Crippen LogP contribution is 2.36. The Bertz CT molecular complexity index is 715. The lowest BCUT2D eigenvalue weighted by atomic mass is 9.96. The van der Waals surface area contributed by atoms with E-state index in [1.54, 1.807) is 7.11 Å². The Kier molecular flexibility index (Phi) is 3.71. The van der Waals surface area contributed by atoms with Gasteiger partial charge in [-0.3, -0.25) is 0 Å². The summed E-state index contributed by atoms with van der Waals surface area (Å²) in [6, 6.07) is 5.98. The van der Waals surface area contributed by atoms with Crippen LogP contribution < -0.4 is 4.74 Å². The standard InChI is InChI=1S/C16H17N3O/c1-9-6-10(2)15(16(20-5)12(9)4)13-7-11(3)18-14(8-17)19-13/h6-7H,1-5H3. The number of hydrogen-bond donors (Lipinski definition) is 0. The van der Waals surface area contributed by atoms with E-state index < -0.39 is 0 Å². The zero-order chi connectivity index (χ0) is 14.9. The van der Waals surface area contributed by atoms with Crippen molar-refractivity contribution in [2.75, 3.05) is 7.11 Å². The molecule has 0 fully saturated rings. The Labute approximate surface area is 119 Å². The molecule has 0 amide bonds. The first-order valence-electron chi connectivity index (χ1n) is 6.39. The minimum absolute atomic E-state index is 0.180. The van der Waals surface area contributed by atoms with Crippen LogP contribution in [0.3, 0.4) is 0 Å². The molecule has 4 heteroatoms. The molecule has 0 N–H and O–H groups in total. The number of methoxy groups -OCH3 is 1. The second-order valence-corrected chi connectivity index (χ2v) is 4.87.